The minimum absolute atomic E-state index is 0.00811. The van der Waals surface area contributed by atoms with Crippen LogP contribution in [0.2, 0.25) is 0 Å². The third-order valence-corrected chi connectivity index (χ3v) is 5.01. The van der Waals surface area contributed by atoms with E-state index in [1.807, 2.05) is 44.2 Å². The van der Waals surface area contributed by atoms with Gasteiger partial charge in [0.1, 0.15) is 11.5 Å². The SMILES string of the molecule is COc1ccc(OC)c([C@@H]2CCCN2CC(=O)Nc2cc(C)cc(C)c2)c1. The van der Waals surface area contributed by atoms with Crippen LogP contribution in [0.15, 0.2) is 36.4 Å². The molecule has 1 fully saturated rings. The average molecular weight is 368 g/mol. The lowest BCUT2D eigenvalue weighted by Gasteiger charge is -2.26. The van der Waals surface area contributed by atoms with Crippen molar-refractivity contribution in [3.05, 3.63) is 53.1 Å². The molecule has 1 aliphatic rings. The van der Waals surface area contributed by atoms with Crippen LogP contribution in [0, 0.1) is 13.8 Å². The Morgan fingerprint density at radius 1 is 1.11 bits per heavy atom. The Morgan fingerprint density at radius 2 is 1.85 bits per heavy atom. The first-order chi connectivity index (χ1) is 13.0. The van der Waals surface area contributed by atoms with Crippen molar-refractivity contribution >= 4 is 11.6 Å². The Hall–Kier alpha value is -2.53. The number of nitrogens with one attached hydrogen (secondary N) is 1. The number of carbonyl (C=O) groups excluding carboxylic acids is 1. The van der Waals surface area contributed by atoms with Gasteiger partial charge in [-0.1, -0.05) is 6.07 Å². The summed E-state index contributed by atoms with van der Waals surface area (Å²) >= 11 is 0. The fourth-order valence-electron chi connectivity index (χ4n) is 3.90. The van der Waals surface area contributed by atoms with Gasteiger partial charge in [0.15, 0.2) is 0 Å². The van der Waals surface area contributed by atoms with Crippen LogP contribution in [0.1, 0.15) is 35.6 Å². The molecule has 1 heterocycles. The summed E-state index contributed by atoms with van der Waals surface area (Å²) in [6.07, 6.45) is 2.06. The molecule has 1 atom stereocenters. The number of carbonyl (C=O) groups is 1. The third kappa shape index (κ3) is 4.61. The molecule has 0 bridgehead atoms. The van der Waals surface area contributed by atoms with Crippen LogP contribution < -0.4 is 14.8 Å². The van der Waals surface area contributed by atoms with Crippen LogP contribution in [0.3, 0.4) is 0 Å². The molecule has 27 heavy (non-hydrogen) atoms. The number of amides is 1. The van der Waals surface area contributed by atoms with Crippen LogP contribution >= 0.6 is 0 Å². The summed E-state index contributed by atoms with van der Waals surface area (Å²) in [7, 11) is 3.34. The van der Waals surface area contributed by atoms with Gasteiger partial charge in [0.05, 0.1) is 20.8 Å². The van der Waals surface area contributed by atoms with Crippen molar-refractivity contribution in [1.29, 1.82) is 0 Å². The number of ether oxygens (including phenoxy) is 2. The Balaban J connectivity index is 1.74. The van der Waals surface area contributed by atoms with Gasteiger partial charge < -0.3 is 14.8 Å². The topological polar surface area (TPSA) is 50.8 Å². The highest BCUT2D eigenvalue weighted by Gasteiger charge is 2.30. The minimum atomic E-state index is 0.00811. The minimum Gasteiger partial charge on any atom is -0.497 e. The molecule has 0 spiro atoms. The number of likely N-dealkylation sites (tertiary alicyclic amines) is 1. The summed E-state index contributed by atoms with van der Waals surface area (Å²) in [4.78, 5) is 14.9. The molecular weight excluding hydrogens is 340 g/mol. The fraction of sp³-hybridized carbons (Fsp3) is 0.409. The number of anilines is 1. The first kappa shape index (κ1) is 19.2. The second-order valence-corrected chi connectivity index (χ2v) is 7.16. The zero-order valence-electron chi connectivity index (χ0n) is 16.5. The molecule has 1 aliphatic heterocycles. The normalized spacial score (nSPS) is 17.0. The molecule has 5 nitrogen and oxygen atoms in total. The van der Waals surface area contributed by atoms with E-state index >= 15 is 0 Å². The van der Waals surface area contributed by atoms with E-state index in [0.29, 0.717) is 6.54 Å². The van der Waals surface area contributed by atoms with Gasteiger partial charge in [0.25, 0.3) is 0 Å². The fourth-order valence-corrected chi connectivity index (χ4v) is 3.90. The molecule has 0 saturated carbocycles. The van der Waals surface area contributed by atoms with Gasteiger partial charge in [-0.3, -0.25) is 9.69 Å². The van der Waals surface area contributed by atoms with Crippen LogP contribution in [0.4, 0.5) is 5.69 Å². The number of nitrogens with zero attached hydrogens (tertiary/aromatic N) is 1. The van der Waals surface area contributed by atoms with E-state index in [0.717, 1.165) is 53.3 Å². The number of benzene rings is 2. The maximum Gasteiger partial charge on any atom is 0.238 e. The second-order valence-electron chi connectivity index (χ2n) is 7.16. The molecule has 0 aliphatic carbocycles. The molecule has 1 saturated heterocycles. The van der Waals surface area contributed by atoms with Crippen molar-refractivity contribution in [3.63, 3.8) is 0 Å². The highest BCUT2D eigenvalue weighted by atomic mass is 16.5. The summed E-state index contributed by atoms with van der Waals surface area (Å²) in [6.45, 7) is 5.33. The van der Waals surface area contributed by atoms with E-state index in [4.69, 9.17) is 9.47 Å². The monoisotopic (exact) mass is 368 g/mol. The maximum absolute atomic E-state index is 12.6. The van der Waals surface area contributed by atoms with Crippen LogP contribution in [0.5, 0.6) is 11.5 Å². The van der Waals surface area contributed by atoms with Crippen molar-refractivity contribution in [1.82, 2.24) is 4.90 Å². The van der Waals surface area contributed by atoms with E-state index in [1.54, 1.807) is 14.2 Å². The van der Waals surface area contributed by atoms with E-state index in [9.17, 15) is 4.79 Å². The number of methoxy groups -OCH3 is 2. The molecule has 0 aromatic heterocycles. The van der Waals surface area contributed by atoms with Gasteiger partial charge in [-0.05, 0) is 74.7 Å². The van der Waals surface area contributed by atoms with Crippen molar-refractivity contribution in [3.8, 4) is 11.5 Å². The highest BCUT2D eigenvalue weighted by Crippen LogP contribution is 2.38. The van der Waals surface area contributed by atoms with Gasteiger partial charge in [0, 0.05) is 17.3 Å². The van der Waals surface area contributed by atoms with Gasteiger partial charge in [0.2, 0.25) is 5.91 Å². The van der Waals surface area contributed by atoms with E-state index < -0.39 is 0 Å². The molecule has 5 heteroatoms. The standard InChI is InChI=1S/C22H28N2O3/c1-15-10-16(2)12-17(11-15)23-22(25)14-24-9-5-6-20(24)19-13-18(26-3)7-8-21(19)27-4/h7-8,10-13,20H,5-6,9,14H2,1-4H3,(H,23,25)/t20-/m0/s1. The Labute approximate surface area is 161 Å². The predicted octanol–water partition coefficient (Wildman–Crippen LogP) is 4.10. The van der Waals surface area contributed by atoms with Crippen molar-refractivity contribution in [2.45, 2.75) is 32.7 Å². The predicted molar refractivity (Wildman–Crippen MR) is 108 cm³/mol. The average Bonchev–Trinajstić information content (AvgIpc) is 3.07. The van der Waals surface area contributed by atoms with Crippen LogP contribution in [0.25, 0.3) is 0 Å². The second kappa shape index (κ2) is 8.44. The molecule has 3 rings (SSSR count). The molecule has 0 radical (unpaired) electrons. The van der Waals surface area contributed by atoms with Gasteiger partial charge in [-0.25, -0.2) is 0 Å². The quantitative estimate of drug-likeness (QED) is 0.834. The summed E-state index contributed by atoms with van der Waals surface area (Å²) < 4.78 is 10.9. The number of rotatable bonds is 6. The maximum atomic E-state index is 12.6. The largest absolute Gasteiger partial charge is 0.497 e. The Morgan fingerprint density at radius 3 is 2.52 bits per heavy atom. The molecule has 2 aromatic rings. The molecular formula is C22H28N2O3. The molecule has 2 aromatic carbocycles. The van der Waals surface area contributed by atoms with Crippen LogP contribution in [-0.4, -0.2) is 38.1 Å². The summed E-state index contributed by atoms with van der Waals surface area (Å²) in [5.41, 5.74) is 4.22. The van der Waals surface area contributed by atoms with Crippen LogP contribution in [-0.2, 0) is 4.79 Å². The third-order valence-electron chi connectivity index (χ3n) is 5.01. The van der Waals surface area contributed by atoms with Gasteiger partial charge in [-0.2, -0.15) is 0 Å². The number of hydrogen-bond acceptors (Lipinski definition) is 4. The smallest absolute Gasteiger partial charge is 0.238 e. The van der Waals surface area contributed by atoms with Crippen molar-refractivity contribution in [2.75, 3.05) is 32.6 Å². The first-order valence-corrected chi connectivity index (χ1v) is 9.34. The lowest BCUT2D eigenvalue weighted by Crippen LogP contribution is -2.33. The Bertz CT molecular complexity index is 799. The zero-order valence-corrected chi connectivity index (χ0v) is 16.5. The van der Waals surface area contributed by atoms with Crippen molar-refractivity contribution in [2.24, 2.45) is 0 Å². The highest BCUT2D eigenvalue weighted by molar-refractivity contribution is 5.92. The van der Waals surface area contributed by atoms with E-state index in [2.05, 4.69) is 16.3 Å². The summed E-state index contributed by atoms with van der Waals surface area (Å²) in [6, 6.07) is 12.1. The van der Waals surface area contributed by atoms with E-state index in [-0.39, 0.29) is 11.9 Å². The number of hydrogen-bond donors (Lipinski definition) is 1. The van der Waals surface area contributed by atoms with Gasteiger partial charge in [-0.15, -0.1) is 0 Å². The molecule has 0 unspecified atom stereocenters. The lowest BCUT2D eigenvalue weighted by molar-refractivity contribution is -0.117. The summed E-state index contributed by atoms with van der Waals surface area (Å²) in [5, 5.41) is 3.04. The zero-order chi connectivity index (χ0) is 19.4. The van der Waals surface area contributed by atoms with Gasteiger partial charge >= 0.3 is 0 Å². The lowest BCUT2D eigenvalue weighted by atomic mass is 10.0. The first-order valence-electron chi connectivity index (χ1n) is 9.34. The molecule has 1 amide bonds. The molecule has 1 N–H and O–H groups in total. The summed E-state index contributed by atoms with van der Waals surface area (Å²) in [5.74, 6) is 1.65. The Kier molecular flexibility index (Phi) is 6.01. The van der Waals surface area contributed by atoms with E-state index in [1.165, 1.54) is 0 Å². The number of aryl methyl sites for hydroxylation is 2. The molecule has 144 valence electrons. The van der Waals surface area contributed by atoms with Crippen molar-refractivity contribution < 1.29 is 14.3 Å².